The molecule has 0 amide bonds. The number of ether oxygens (including phenoxy) is 1. The largest absolute Gasteiger partial charge is 0.489 e. The number of allylic oxidation sites excluding steroid dienone is 4. The average molecular weight is 395 g/mol. The Hall–Kier alpha value is -3.54. The molecule has 0 aromatic heterocycles. The van der Waals surface area contributed by atoms with Crippen molar-refractivity contribution < 1.29 is 9.22 Å². The van der Waals surface area contributed by atoms with Crippen LogP contribution in [-0.2, 0) is 6.61 Å². The summed E-state index contributed by atoms with van der Waals surface area (Å²) in [4.78, 5) is 9.45. The summed E-state index contributed by atoms with van der Waals surface area (Å²) < 4.78 is 6.54. The van der Waals surface area contributed by atoms with Crippen LogP contribution in [0.2, 0.25) is 0 Å². The Labute approximate surface area is 176 Å². The van der Waals surface area contributed by atoms with Gasteiger partial charge in [-0.3, -0.25) is 4.99 Å². The van der Waals surface area contributed by atoms with Crippen molar-refractivity contribution in [3.63, 3.8) is 0 Å². The molecule has 1 unspecified atom stereocenters. The van der Waals surface area contributed by atoms with Crippen molar-refractivity contribution in [2.24, 2.45) is 15.7 Å². The Morgan fingerprint density at radius 3 is 2.67 bits per heavy atom. The van der Waals surface area contributed by atoms with Gasteiger partial charge in [0.25, 0.3) is 0 Å². The van der Waals surface area contributed by atoms with Gasteiger partial charge in [-0.25, -0.2) is 4.48 Å². The molecule has 0 bridgehead atoms. The van der Waals surface area contributed by atoms with Crippen LogP contribution in [0.25, 0.3) is 0 Å². The van der Waals surface area contributed by atoms with Crippen LogP contribution in [0, 0.1) is 0 Å². The highest BCUT2D eigenvalue weighted by molar-refractivity contribution is 6.01. The molecule has 2 aromatic rings. The minimum Gasteiger partial charge on any atom is -0.489 e. The van der Waals surface area contributed by atoms with E-state index in [1.807, 2.05) is 48.8 Å². The summed E-state index contributed by atoms with van der Waals surface area (Å²) in [6, 6.07) is 18.3. The zero-order valence-electron chi connectivity index (χ0n) is 16.6. The fourth-order valence-corrected chi connectivity index (χ4v) is 3.96. The quantitative estimate of drug-likeness (QED) is 0.719. The van der Waals surface area contributed by atoms with Crippen molar-refractivity contribution in [1.29, 1.82) is 0 Å². The number of benzene rings is 2. The number of nitrogens with zero attached hydrogens (tertiary/aromatic N) is 3. The maximum atomic E-state index is 6.06. The molecule has 2 heterocycles. The first-order valence-corrected chi connectivity index (χ1v) is 10.1. The van der Waals surface area contributed by atoms with Crippen LogP contribution in [0.4, 0.5) is 0 Å². The van der Waals surface area contributed by atoms with E-state index >= 15 is 0 Å². The number of rotatable bonds is 7. The molecule has 1 atom stereocenters. The van der Waals surface area contributed by atoms with Crippen molar-refractivity contribution in [2.45, 2.75) is 6.61 Å². The molecule has 0 saturated carbocycles. The first-order valence-electron chi connectivity index (χ1n) is 10.1. The van der Waals surface area contributed by atoms with Crippen LogP contribution in [0.1, 0.15) is 11.1 Å². The van der Waals surface area contributed by atoms with Crippen LogP contribution in [-0.4, -0.2) is 29.6 Å². The number of hydrogen-bond acceptors (Lipinski definition) is 4. The fourth-order valence-electron chi connectivity index (χ4n) is 3.96. The number of hydrogen-bond donors (Lipinski definition) is 1. The van der Waals surface area contributed by atoms with Crippen LogP contribution in [0.5, 0.6) is 5.75 Å². The summed E-state index contributed by atoms with van der Waals surface area (Å²) in [6.45, 7) is 1.78. The molecular weight excluding hydrogens is 372 g/mol. The predicted octanol–water partition coefficient (Wildman–Crippen LogP) is 4.06. The lowest BCUT2D eigenvalue weighted by atomic mass is 10.0. The van der Waals surface area contributed by atoms with Gasteiger partial charge in [0.15, 0.2) is 5.70 Å². The van der Waals surface area contributed by atoms with Crippen molar-refractivity contribution in [3.8, 4) is 5.75 Å². The molecular formula is C25H23N4O+. The third kappa shape index (κ3) is 3.14. The zero-order chi connectivity index (χ0) is 20.4. The van der Waals surface area contributed by atoms with E-state index in [1.54, 1.807) is 0 Å². The lowest BCUT2D eigenvalue weighted by Crippen LogP contribution is -2.49. The smallest absolute Gasteiger partial charge is 0.245 e. The molecule has 3 aliphatic rings. The number of aliphatic imine (C=N–C) groups is 2. The standard InChI is InChI=1S/C25H23N4O/c26-12-14-29-15-13-27-17-23(29)24(20-8-4-9-20)28-25(29)21-10-5-11-22(16-21)30-18-19-6-2-1-3-7-19/h1-11,13,15-17H,12,14,18,26H2/q+1. The fraction of sp³-hybridized carbons (Fsp3) is 0.120. The van der Waals surface area contributed by atoms with Gasteiger partial charge < -0.3 is 10.5 Å². The monoisotopic (exact) mass is 395 g/mol. The molecule has 30 heavy (non-hydrogen) atoms. The molecule has 5 heteroatoms. The molecule has 2 N–H and O–H groups in total. The summed E-state index contributed by atoms with van der Waals surface area (Å²) in [5, 5.41) is 0. The second-order valence-electron chi connectivity index (χ2n) is 7.41. The van der Waals surface area contributed by atoms with Crippen molar-refractivity contribution >= 4 is 12.1 Å². The molecule has 0 spiro atoms. The van der Waals surface area contributed by atoms with Gasteiger partial charge in [0.2, 0.25) is 5.84 Å². The summed E-state index contributed by atoms with van der Waals surface area (Å²) in [5.74, 6) is 1.76. The first kappa shape index (κ1) is 18.5. The van der Waals surface area contributed by atoms with Crippen LogP contribution >= 0.6 is 0 Å². The highest BCUT2D eigenvalue weighted by Gasteiger charge is 2.46. The van der Waals surface area contributed by atoms with Gasteiger partial charge in [0.05, 0.1) is 18.0 Å². The molecule has 5 nitrogen and oxygen atoms in total. The summed E-state index contributed by atoms with van der Waals surface area (Å²) in [7, 11) is 0. The van der Waals surface area contributed by atoms with Crippen molar-refractivity contribution in [2.75, 3.05) is 13.1 Å². The van der Waals surface area contributed by atoms with Gasteiger partial charge in [-0.15, -0.1) is 0 Å². The lowest BCUT2D eigenvalue weighted by molar-refractivity contribution is -0.736. The highest BCUT2D eigenvalue weighted by atomic mass is 16.5. The second kappa shape index (κ2) is 7.71. The number of fused-ring (bicyclic) bond motifs is 1. The molecule has 0 radical (unpaired) electrons. The van der Waals surface area contributed by atoms with E-state index in [9.17, 15) is 0 Å². The third-order valence-corrected chi connectivity index (χ3v) is 5.52. The Balaban J connectivity index is 1.50. The Kier molecular flexibility index (Phi) is 4.75. The Morgan fingerprint density at radius 1 is 1.03 bits per heavy atom. The zero-order valence-corrected chi connectivity index (χ0v) is 16.6. The average Bonchev–Trinajstić information content (AvgIpc) is 3.07. The van der Waals surface area contributed by atoms with Crippen LogP contribution < -0.4 is 10.5 Å². The van der Waals surface area contributed by atoms with Gasteiger partial charge in [-0.2, -0.15) is 4.99 Å². The predicted molar refractivity (Wildman–Crippen MR) is 120 cm³/mol. The molecule has 0 saturated heterocycles. The van der Waals surface area contributed by atoms with Crippen molar-refractivity contribution in [3.05, 3.63) is 113 Å². The lowest BCUT2D eigenvalue weighted by Gasteiger charge is -2.32. The Bertz CT molecular complexity index is 1150. The highest BCUT2D eigenvalue weighted by Crippen LogP contribution is 2.39. The van der Waals surface area contributed by atoms with Gasteiger partial charge in [-0.05, 0) is 23.8 Å². The van der Waals surface area contributed by atoms with E-state index in [1.165, 1.54) is 0 Å². The van der Waals surface area contributed by atoms with E-state index in [0.29, 0.717) is 24.2 Å². The van der Waals surface area contributed by atoms with E-state index in [2.05, 4.69) is 47.6 Å². The molecule has 2 aliphatic heterocycles. The minimum absolute atomic E-state index is 0.475. The van der Waals surface area contributed by atoms with Gasteiger partial charge >= 0.3 is 0 Å². The third-order valence-electron chi connectivity index (χ3n) is 5.52. The van der Waals surface area contributed by atoms with Crippen LogP contribution in [0.15, 0.2) is 112 Å². The topological polar surface area (TPSA) is 60.0 Å². The van der Waals surface area contributed by atoms with Gasteiger partial charge in [0.1, 0.15) is 30.8 Å². The number of amidine groups is 1. The molecule has 0 fully saturated rings. The molecule has 148 valence electrons. The second-order valence-corrected chi connectivity index (χ2v) is 7.41. The minimum atomic E-state index is 0.475. The van der Waals surface area contributed by atoms with E-state index < -0.39 is 0 Å². The normalized spacial score (nSPS) is 21.2. The van der Waals surface area contributed by atoms with E-state index in [0.717, 1.165) is 39.7 Å². The summed E-state index contributed by atoms with van der Waals surface area (Å²) >= 11 is 0. The number of nitrogens with two attached hydrogens (primary N) is 1. The van der Waals surface area contributed by atoms with E-state index in [-0.39, 0.29) is 0 Å². The molecule has 2 aromatic carbocycles. The van der Waals surface area contributed by atoms with Crippen LogP contribution in [0.3, 0.4) is 0 Å². The summed E-state index contributed by atoms with van der Waals surface area (Å²) in [6.07, 6.45) is 12.0. The number of quaternary nitrogens is 1. The Morgan fingerprint density at radius 2 is 1.90 bits per heavy atom. The van der Waals surface area contributed by atoms with Gasteiger partial charge in [0, 0.05) is 12.1 Å². The van der Waals surface area contributed by atoms with E-state index in [4.69, 9.17) is 15.5 Å². The molecule has 5 rings (SSSR count). The van der Waals surface area contributed by atoms with Crippen molar-refractivity contribution in [1.82, 2.24) is 0 Å². The first-order chi connectivity index (χ1) is 14.8. The maximum Gasteiger partial charge on any atom is 0.245 e. The van der Waals surface area contributed by atoms with Gasteiger partial charge in [-0.1, -0.05) is 54.6 Å². The SMILES string of the molecule is NCC[N+]12C=CN=CC1=C(C1=CC=C1)N=C2c1cccc(OCc2ccccc2)c1. The summed E-state index contributed by atoms with van der Waals surface area (Å²) in [5.41, 5.74) is 11.3. The molecule has 1 aliphatic carbocycles. The maximum absolute atomic E-state index is 6.06.